The van der Waals surface area contributed by atoms with Gasteiger partial charge in [-0.1, -0.05) is 18.2 Å². The Morgan fingerprint density at radius 1 is 0.893 bits per heavy atom. The highest BCUT2D eigenvalue weighted by Gasteiger charge is 2.10. The fourth-order valence-corrected chi connectivity index (χ4v) is 3.41. The van der Waals surface area contributed by atoms with Crippen LogP contribution in [0.15, 0.2) is 60.9 Å². The molecule has 0 unspecified atom stereocenters. The zero-order valence-corrected chi connectivity index (χ0v) is 15.7. The van der Waals surface area contributed by atoms with E-state index in [1.165, 1.54) is 37.3 Å². The predicted molar refractivity (Wildman–Crippen MR) is 112 cm³/mol. The van der Waals surface area contributed by atoms with Crippen molar-refractivity contribution < 1.29 is 4.39 Å². The number of anilines is 4. The molecule has 2 heterocycles. The van der Waals surface area contributed by atoms with Gasteiger partial charge in [0.2, 0.25) is 0 Å². The minimum absolute atomic E-state index is 0.226. The number of benzene rings is 2. The predicted octanol–water partition coefficient (Wildman–Crippen LogP) is 4.96. The number of nitrogens with zero attached hydrogens (tertiary/aromatic N) is 3. The highest BCUT2D eigenvalue weighted by molar-refractivity contribution is 5.62. The van der Waals surface area contributed by atoms with E-state index in [1.807, 2.05) is 12.1 Å². The summed E-state index contributed by atoms with van der Waals surface area (Å²) >= 11 is 0. The first kappa shape index (κ1) is 18.2. The molecular weight excluding hydrogens is 353 g/mol. The lowest BCUT2D eigenvalue weighted by molar-refractivity contribution is 0.578. The molecule has 0 saturated carbocycles. The van der Waals surface area contributed by atoms with Crippen molar-refractivity contribution in [2.45, 2.75) is 25.8 Å². The van der Waals surface area contributed by atoms with E-state index >= 15 is 0 Å². The van der Waals surface area contributed by atoms with Crippen LogP contribution in [0.1, 0.15) is 24.8 Å². The standard InChI is InChI=1S/C22H24FN5/c23-20-7-3-2-6-17(20)15-24-21-14-22(26-16-25-21)27-18-8-10-19(11-9-18)28-12-4-1-5-13-28/h2-3,6-11,14,16H,1,4-5,12-13,15H2,(H2,24,25,26,27). The molecule has 0 aliphatic carbocycles. The lowest BCUT2D eigenvalue weighted by atomic mass is 10.1. The molecule has 4 rings (SSSR count). The maximum Gasteiger partial charge on any atom is 0.135 e. The highest BCUT2D eigenvalue weighted by Crippen LogP contribution is 2.23. The van der Waals surface area contributed by atoms with Crippen LogP contribution in [0.2, 0.25) is 0 Å². The Hall–Kier alpha value is -3.15. The first-order chi connectivity index (χ1) is 13.8. The van der Waals surface area contributed by atoms with E-state index in [4.69, 9.17) is 0 Å². The van der Waals surface area contributed by atoms with E-state index in [9.17, 15) is 4.39 Å². The molecule has 1 saturated heterocycles. The molecule has 1 fully saturated rings. The molecule has 1 aliphatic rings. The molecule has 28 heavy (non-hydrogen) atoms. The van der Waals surface area contributed by atoms with Crippen LogP contribution in [0.5, 0.6) is 0 Å². The maximum absolute atomic E-state index is 13.7. The molecule has 1 aliphatic heterocycles. The Morgan fingerprint density at radius 2 is 1.64 bits per heavy atom. The molecule has 0 spiro atoms. The number of piperidine rings is 1. The van der Waals surface area contributed by atoms with Crippen molar-refractivity contribution >= 4 is 23.0 Å². The fourth-order valence-electron chi connectivity index (χ4n) is 3.41. The molecule has 2 aromatic carbocycles. The third-order valence-corrected chi connectivity index (χ3v) is 4.95. The summed E-state index contributed by atoms with van der Waals surface area (Å²) in [6.07, 6.45) is 5.36. The van der Waals surface area contributed by atoms with Gasteiger partial charge in [-0.2, -0.15) is 0 Å². The van der Waals surface area contributed by atoms with Crippen molar-refractivity contribution in [3.63, 3.8) is 0 Å². The first-order valence-electron chi connectivity index (χ1n) is 9.69. The minimum Gasteiger partial charge on any atom is -0.372 e. The zero-order valence-electron chi connectivity index (χ0n) is 15.7. The minimum atomic E-state index is -0.226. The second-order valence-corrected chi connectivity index (χ2v) is 6.95. The van der Waals surface area contributed by atoms with E-state index in [-0.39, 0.29) is 5.82 Å². The quantitative estimate of drug-likeness (QED) is 0.636. The second kappa shape index (κ2) is 8.69. The van der Waals surface area contributed by atoms with Crippen LogP contribution < -0.4 is 15.5 Å². The average molecular weight is 377 g/mol. The maximum atomic E-state index is 13.7. The van der Waals surface area contributed by atoms with Crippen molar-refractivity contribution in [3.8, 4) is 0 Å². The summed E-state index contributed by atoms with van der Waals surface area (Å²) in [6, 6.07) is 17.0. The molecule has 0 bridgehead atoms. The van der Waals surface area contributed by atoms with Crippen molar-refractivity contribution in [3.05, 3.63) is 72.3 Å². The topological polar surface area (TPSA) is 53.1 Å². The molecule has 144 valence electrons. The van der Waals surface area contributed by atoms with Gasteiger partial charge in [-0.25, -0.2) is 14.4 Å². The average Bonchev–Trinajstić information content (AvgIpc) is 2.75. The normalized spacial score (nSPS) is 14.0. The summed E-state index contributed by atoms with van der Waals surface area (Å²) in [5.74, 6) is 1.11. The summed E-state index contributed by atoms with van der Waals surface area (Å²) in [4.78, 5) is 10.9. The van der Waals surface area contributed by atoms with Crippen LogP contribution in [-0.4, -0.2) is 23.1 Å². The molecule has 5 nitrogen and oxygen atoms in total. The first-order valence-corrected chi connectivity index (χ1v) is 9.69. The zero-order chi connectivity index (χ0) is 19.2. The fraction of sp³-hybridized carbons (Fsp3) is 0.273. The van der Waals surface area contributed by atoms with E-state index in [0.29, 0.717) is 23.7 Å². The van der Waals surface area contributed by atoms with Crippen LogP contribution in [0.4, 0.5) is 27.4 Å². The second-order valence-electron chi connectivity index (χ2n) is 6.95. The van der Waals surface area contributed by atoms with Gasteiger partial charge in [-0.05, 0) is 49.6 Å². The van der Waals surface area contributed by atoms with Gasteiger partial charge in [-0.3, -0.25) is 0 Å². The third-order valence-electron chi connectivity index (χ3n) is 4.95. The van der Waals surface area contributed by atoms with Gasteiger partial charge < -0.3 is 15.5 Å². The number of rotatable bonds is 6. The van der Waals surface area contributed by atoms with E-state index in [2.05, 4.69) is 49.8 Å². The van der Waals surface area contributed by atoms with Crippen molar-refractivity contribution in [2.75, 3.05) is 28.6 Å². The van der Waals surface area contributed by atoms with E-state index < -0.39 is 0 Å². The third kappa shape index (κ3) is 4.57. The molecule has 3 aromatic rings. The van der Waals surface area contributed by atoms with Crippen LogP contribution in [0.3, 0.4) is 0 Å². The van der Waals surface area contributed by atoms with Crippen LogP contribution in [0, 0.1) is 5.82 Å². The van der Waals surface area contributed by atoms with Gasteiger partial charge >= 0.3 is 0 Å². The monoisotopic (exact) mass is 377 g/mol. The summed E-state index contributed by atoms with van der Waals surface area (Å²) in [5, 5.41) is 6.44. The van der Waals surface area contributed by atoms with Crippen molar-refractivity contribution in [1.29, 1.82) is 0 Å². The van der Waals surface area contributed by atoms with E-state index in [1.54, 1.807) is 12.1 Å². The summed E-state index contributed by atoms with van der Waals surface area (Å²) in [6.45, 7) is 2.64. The molecule has 0 atom stereocenters. The molecular formula is C22H24FN5. The van der Waals surface area contributed by atoms with Crippen LogP contribution in [-0.2, 0) is 6.54 Å². The number of aromatic nitrogens is 2. The molecule has 1 aromatic heterocycles. The van der Waals surface area contributed by atoms with Gasteiger partial charge in [0.15, 0.2) is 0 Å². The SMILES string of the molecule is Fc1ccccc1CNc1cc(Nc2ccc(N3CCCCC3)cc2)ncn1. The van der Waals surface area contributed by atoms with Gasteiger partial charge in [0.25, 0.3) is 0 Å². The summed E-state index contributed by atoms with van der Waals surface area (Å²) in [5.41, 5.74) is 2.84. The number of nitrogens with one attached hydrogen (secondary N) is 2. The summed E-state index contributed by atoms with van der Waals surface area (Å²) in [7, 11) is 0. The molecule has 0 amide bonds. The molecule has 6 heteroatoms. The Labute approximate surface area is 164 Å². The number of hydrogen-bond donors (Lipinski definition) is 2. The number of hydrogen-bond acceptors (Lipinski definition) is 5. The Morgan fingerprint density at radius 3 is 2.43 bits per heavy atom. The molecule has 0 radical (unpaired) electrons. The Bertz CT molecular complexity index is 907. The Kier molecular flexibility index (Phi) is 5.66. The number of halogens is 1. The van der Waals surface area contributed by atoms with Gasteiger partial charge in [-0.15, -0.1) is 0 Å². The van der Waals surface area contributed by atoms with Gasteiger partial charge in [0, 0.05) is 42.6 Å². The van der Waals surface area contributed by atoms with Gasteiger partial charge in [0.05, 0.1) is 0 Å². The lowest BCUT2D eigenvalue weighted by Crippen LogP contribution is -2.29. The van der Waals surface area contributed by atoms with Crippen molar-refractivity contribution in [1.82, 2.24) is 9.97 Å². The van der Waals surface area contributed by atoms with Crippen LogP contribution >= 0.6 is 0 Å². The van der Waals surface area contributed by atoms with Gasteiger partial charge in [0.1, 0.15) is 23.8 Å². The lowest BCUT2D eigenvalue weighted by Gasteiger charge is -2.28. The van der Waals surface area contributed by atoms with Crippen molar-refractivity contribution in [2.24, 2.45) is 0 Å². The summed E-state index contributed by atoms with van der Waals surface area (Å²) < 4.78 is 13.7. The smallest absolute Gasteiger partial charge is 0.135 e. The molecule has 2 N–H and O–H groups in total. The van der Waals surface area contributed by atoms with E-state index in [0.717, 1.165) is 18.8 Å². The Balaban J connectivity index is 1.38. The largest absolute Gasteiger partial charge is 0.372 e. The van der Waals surface area contributed by atoms with Crippen LogP contribution in [0.25, 0.3) is 0 Å². The highest BCUT2D eigenvalue weighted by atomic mass is 19.1.